The van der Waals surface area contributed by atoms with E-state index in [1.165, 1.54) is 99.7 Å². The van der Waals surface area contributed by atoms with Crippen LogP contribution in [0.15, 0.2) is 108 Å². The molecule has 6 aromatic carbocycles. The Hall–Kier alpha value is -6.58. The number of fused-ring (bicyclic) bond motifs is 9. The predicted octanol–water partition coefficient (Wildman–Crippen LogP) is 11.6. The zero-order chi connectivity index (χ0) is 44.1. The lowest BCUT2D eigenvalue weighted by molar-refractivity contribution is -0.132. The lowest BCUT2D eigenvalue weighted by atomic mass is 9.95. The van der Waals surface area contributed by atoms with Gasteiger partial charge in [-0.1, -0.05) is 81.6 Å². The Morgan fingerprint density at radius 3 is 2.19 bits per heavy atom. The van der Waals surface area contributed by atoms with Gasteiger partial charge in [-0.05, 0) is 135 Å². The molecular formula is C53H43N3O5S3. The number of thiophene rings is 2. The average molecular weight is 898 g/mol. The van der Waals surface area contributed by atoms with Crippen LogP contribution in [0.2, 0.25) is 0 Å². The molecule has 11 heteroatoms. The summed E-state index contributed by atoms with van der Waals surface area (Å²) < 4.78 is 10.9. The van der Waals surface area contributed by atoms with Crippen molar-refractivity contribution in [3.8, 4) is 17.2 Å². The number of nitriles is 1. The second-order valence-corrected chi connectivity index (χ2v) is 19.7. The van der Waals surface area contributed by atoms with Gasteiger partial charge >= 0.3 is 5.97 Å². The number of carbonyl (C=O) groups excluding carboxylic acids is 1. The van der Waals surface area contributed by atoms with Crippen molar-refractivity contribution in [3.63, 3.8) is 0 Å². The zero-order valence-corrected chi connectivity index (χ0v) is 37.8. The second kappa shape index (κ2) is 17.2. The molecule has 0 aliphatic carbocycles. The SMILES string of the molecule is CCCCC(CC)CN1c2ccccc2CCc2cc(-c3ccc4cc5sc6c7cc8cc(/C=c9/s/c(=C(\C#N)C(=O)O)n(COC=O)c9=O)ccc8cc7sc6c5cc4c3)ccc21. The topological polar surface area (TPSA) is 113 Å². The minimum atomic E-state index is -1.47. The molecule has 0 bridgehead atoms. The standard InChI is InChI=1S/C53H43N3O5S3/c1-3-5-8-31(4-2)28-55-44-10-7-6-9-33(44)13-16-38-21-35(17-18-45(38)55)34-14-15-37-26-47-42(24-40(37)22-34)50-49(63-47)41-23-39-19-32(11-12-36(39)25-46(41)62-50)20-48-51(58)56(29-61-30-57)52(64-48)43(27-54)53(59)60/h6-7,9-12,14-15,17-26,30-31H,3-5,8,13,16,28-29H2,1-2H3,(H,59,60)/b48-20+,52-43+. The second-order valence-electron chi connectivity index (χ2n) is 16.6. The van der Waals surface area contributed by atoms with E-state index in [0.29, 0.717) is 5.92 Å². The number of aryl methyl sites for hydroxylation is 2. The van der Waals surface area contributed by atoms with Crippen LogP contribution in [0.5, 0.6) is 0 Å². The smallest absolute Gasteiger partial charge is 0.349 e. The van der Waals surface area contributed by atoms with Gasteiger partial charge in [0, 0.05) is 38.1 Å². The molecule has 8 nitrogen and oxygen atoms in total. The minimum absolute atomic E-state index is 0.0875. The number of aliphatic carboxylic acids is 1. The van der Waals surface area contributed by atoms with E-state index >= 15 is 0 Å². The maximum Gasteiger partial charge on any atom is 0.349 e. The lowest BCUT2D eigenvalue weighted by Gasteiger charge is -2.31. The van der Waals surface area contributed by atoms with Crippen LogP contribution in [0.25, 0.3) is 73.9 Å². The van der Waals surface area contributed by atoms with Crippen molar-refractivity contribution in [1.29, 1.82) is 5.26 Å². The van der Waals surface area contributed by atoms with Gasteiger partial charge in [0.15, 0.2) is 12.3 Å². The summed E-state index contributed by atoms with van der Waals surface area (Å²) in [7, 11) is 0. The number of carbonyl (C=O) groups is 2. The van der Waals surface area contributed by atoms with E-state index in [0.717, 1.165) is 51.6 Å². The summed E-state index contributed by atoms with van der Waals surface area (Å²) in [5.41, 5.74) is 7.58. The first-order valence-corrected chi connectivity index (χ1v) is 24.1. The number of rotatable bonds is 12. The third-order valence-corrected chi connectivity index (χ3v) is 16.3. The molecule has 1 aliphatic rings. The first-order chi connectivity index (χ1) is 31.2. The first kappa shape index (κ1) is 41.4. The van der Waals surface area contributed by atoms with E-state index in [2.05, 4.69) is 104 Å². The zero-order valence-electron chi connectivity index (χ0n) is 35.4. The molecule has 3 aromatic heterocycles. The van der Waals surface area contributed by atoms with E-state index < -0.39 is 23.8 Å². The fourth-order valence-corrected chi connectivity index (χ4v) is 13.1. The lowest BCUT2D eigenvalue weighted by Crippen LogP contribution is -2.33. The first-order valence-electron chi connectivity index (χ1n) is 21.6. The maximum absolute atomic E-state index is 13.4. The number of thiazole rings is 1. The maximum atomic E-state index is 13.4. The van der Waals surface area contributed by atoms with Crippen molar-refractivity contribution in [2.24, 2.45) is 5.92 Å². The Bertz CT molecular complexity index is 3590. The summed E-state index contributed by atoms with van der Waals surface area (Å²) in [6.07, 6.45) is 8.65. The number of hydrogen-bond donors (Lipinski definition) is 1. The third-order valence-electron chi connectivity index (χ3n) is 12.7. The van der Waals surface area contributed by atoms with E-state index in [-0.39, 0.29) is 15.7 Å². The Morgan fingerprint density at radius 1 is 0.812 bits per heavy atom. The molecule has 0 amide bonds. The highest BCUT2D eigenvalue weighted by Crippen LogP contribution is 2.47. The number of hydrogen-bond acceptors (Lipinski definition) is 9. The molecule has 1 aliphatic heterocycles. The molecule has 0 saturated heterocycles. The van der Waals surface area contributed by atoms with Crippen LogP contribution in [-0.4, -0.2) is 28.7 Å². The summed E-state index contributed by atoms with van der Waals surface area (Å²) in [5.74, 6) is -0.819. The molecule has 4 heterocycles. The Labute approximate surface area is 380 Å². The summed E-state index contributed by atoms with van der Waals surface area (Å²) >= 11 is 4.50. The predicted molar refractivity (Wildman–Crippen MR) is 265 cm³/mol. The number of anilines is 2. The Kier molecular flexibility index (Phi) is 11.1. The monoisotopic (exact) mass is 897 g/mol. The summed E-state index contributed by atoms with van der Waals surface area (Å²) in [5, 5.41) is 26.0. The molecule has 0 radical (unpaired) electrons. The highest BCUT2D eigenvalue weighted by atomic mass is 32.1. The number of unbranched alkanes of at least 4 members (excludes halogenated alkanes) is 1. The molecule has 9 aromatic rings. The minimum Gasteiger partial charge on any atom is -0.477 e. The van der Waals surface area contributed by atoms with Gasteiger partial charge in [0.1, 0.15) is 10.7 Å². The molecule has 0 fully saturated rings. The van der Waals surface area contributed by atoms with Crippen LogP contribution in [0.1, 0.15) is 56.2 Å². The highest BCUT2D eigenvalue weighted by Gasteiger charge is 2.24. The van der Waals surface area contributed by atoms with Crippen LogP contribution >= 0.6 is 34.0 Å². The molecule has 318 valence electrons. The van der Waals surface area contributed by atoms with Crippen LogP contribution in [-0.2, 0) is 33.9 Å². The fourth-order valence-electron chi connectivity index (χ4n) is 9.28. The van der Waals surface area contributed by atoms with E-state index in [1.54, 1.807) is 12.1 Å². The number of aromatic nitrogens is 1. The molecule has 0 saturated carbocycles. The third kappa shape index (κ3) is 7.45. The van der Waals surface area contributed by atoms with Gasteiger partial charge in [0.05, 0.1) is 13.9 Å². The highest BCUT2D eigenvalue weighted by molar-refractivity contribution is 7.36. The van der Waals surface area contributed by atoms with Crippen molar-refractivity contribution in [3.05, 3.63) is 139 Å². The van der Waals surface area contributed by atoms with Crippen LogP contribution < -0.4 is 19.7 Å². The summed E-state index contributed by atoms with van der Waals surface area (Å²) in [4.78, 5) is 38.7. The number of para-hydroxylation sites is 1. The van der Waals surface area contributed by atoms with Crippen molar-refractivity contribution in [2.75, 3.05) is 11.4 Å². The largest absolute Gasteiger partial charge is 0.477 e. The van der Waals surface area contributed by atoms with E-state index in [4.69, 9.17) is 4.74 Å². The van der Waals surface area contributed by atoms with Crippen molar-refractivity contribution >= 4 is 121 Å². The number of carboxylic acids is 1. The molecule has 10 rings (SSSR count). The van der Waals surface area contributed by atoms with Crippen LogP contribution in [0.3, 0.4) is 0 Å². The van der Waals surface area contributed by atoms with E-state index in [1.807, 2.05) is 40.9 Å². The Morgan fingerprint density at radius 2 is 1.48 bits per heavy atom. The van der Waals surface area contributed by atoms with Crippen molar-refractivity contribution < 1.29 is 19.4 Å². The van der Waals surface area contributed by atoms with E-state index in [9.17, 15) is 24.8 Å². The van der Waals surface area contributed by atoms with Gasteiger partial charge < -0.3 is 14.7 Å². The molecule has 1 atom stereocenters. The van der Waals surface area contributed by atoms with Crippen molar-refractivity contribution in [1.82, 2.24) is 4.57 Å². The average Bonchev–Trinajstić information content (AvgIpc) is 3.90. The summed E-state index contributed by atoms with van der Waals surface area (Å²) in [6.45, 7) is 5.33. The number of carboxylic acid groups (broad SMARTS) is 1. The fraction of sp³-hybridized carbons (Fsp3) is 0.208. The number of ether oxygens (including phenoxy) is 1. The van der Waals surface area contributed by atoms with Crippen LogP contribution in [0, 0.1) is 17.2 Å². The van der Waals surface area contributed by atoms with Gasteiger partial charge in [-0.2, -0.15) is 5.26 Å². The van der Waals surface area contributed by atoms with Gasteiger partial charge in [0.25, 0.3) is 12.0 Å². The van der Waals surface area contributed by atoms with Gasteiger partial charge in [-0.25, -0.2) is 4.79 Å². The molecule has 0 spiro atoms. The molecule has 1 N–H and O–H groups in total. The molecule has 64 heavy (non-hydrogen) atoms. The van der Waals surface area contributed by atoms with Crippen molar-refractivity contribution in [2.45, 2.75) is 59.1 Å². The Balaban J connectivity index is 1.01. The molecular weight excluding hydrogens is 855 g/mol. The number of benzene rings is 6. The van der Waals surface area contributed by atoms with Gasteiger partial charge in [0.2, 0.25) is 0 Å². The van der Waals surface area contributed by atoms with Gasteiger partial charge in [-0.3, -0.25) is 14.2 Å². The number of nitrogens with zero attached hydrogens (tertiary/aromatic N) is 3. The summed E-state index contributed by atoms with van der Waals surface area (Å²) in [6, 6.07) is 39.7. The quantitative estimate of drug-likeness (QED) is 0.122. The normalized spacial score (nSPS) is 13.9. The molecule has 1 unspecified atom stereocenters. The van der Waals surface area contributed by atoms with Crippen LogP contribution in [0.4, 0.5) is 11.4 Å². The van der Waals surface area contributed by atoms with Gasteiger partial charge in [-0.15, -0.1) is 34.0 Å².